The predicted molar refractivity (Wildman–Crippen MR) is 70.5 cm³/mol. The zero-order chi connectivity index (χ0) is 12.4. The van der Waals surface area contributed by atoms with Crippen LogP contribution in [0.2, 0.25) is 0 Å². The molecule has 5 heteroatoms. The lowest BCUT2D eigenvalue weighted by molar-refractivity contribution is 0.297. The van der Waals surface area contributed by atoms with Crippen molar-refractivity contribution < 1.29 is 9.47 Å². The van der Waals surface area contributed by atoms with Gasteiger partial charge in [0.25, 0.3) is 0 Å². The van der Waals surface area contributed by atoms with Crippen molar-refractivity contribution in [3.8, 4) is 22.6 Å². The van der Waals surface area contributed by atoms with Gasteiger partial charge in [0, 0.05) is 12.0 Å². The molecule has 0 bridgehead atoms. The molecule has 2 heterocycles. The molecule has 0 unspecified atom stereocenters. The average Bonchev–Trinajstić information content (AvgIpc) is 2.63. The highest BCUT2D eigenvalue weighted by Crippen LogP contribution is 2.33. The third-order valence-corrected chi connectivity index (χ3v) is 2.95. The number of hydrogen-bond acceptors (Lipinski definition) is 4. The van der Waals surface area contributed by atoms with Crippen molar-refractivity contribution in [2.75, 3.05) is 13.2 Å². The number of hydrogen-bond donors (Lipinski definition) is 1. The molecular formula is C13H12N2O2S. The molecule has 92 valence electrons. The first kappa shape index (κ1) is 11.2. The van der Waals surface area contributed by atoms with Crippen LogP contribution in [0.1, 0.15) is 6.42 Å². The Labute approximate surface area is 110 Å². The van der Waals surface area contributed by atoms with Crippen molar-refractivity contribution >= 4 is 12.2 Å². The number of nitrogens with zero attached hydrogens (tertiary/aromatic N) is 1. The van der Waals surface area contributed by atoms with Crippen molar-refractivity contribution in [2.45, 2.75) is 6.42 Å². The number of aromatic nitrogens is 2. The average molecular weight is 260 g/mol. The first-order chi connectivity index (χ1) is 8.83. The van der Waals surface area contributed by atoms with E-state index < -0.39 is 0 Å². The zero-order valence-corrected chi connectivity index (χ0v) is 10.5. The maximum absolute atomic E-state index is 5.66. The van der Waals surface area contributed by atoms with Crippen LogP contribution >= 0.6 is 12.2 Å². The molecule has 1 aliphatic heterocycles. The topological polar surface area (TPSA) is 47.1 Å². The highest BCUT2D eigenvalue weighted by molar-refractivity contribution is 7.71. The van der Waals surface area contributed by atoms with Crippen LogP contribution in [0, 0.1) is 4.64 Å². The predicted octanol–water partition coefficient (Wildman–Crippen LogP) is 2.97. The molecule has 0 spiro atoms. The number of rotatable bonds is 1. The van der Waals surface area contributed by atoms with Crippen molar-refractivity contribution in [3.63, 3.8) is 0 Å². The van der Waals surface area contributed by atoms with Gasteiger partial charge in [0.05, 0.1) is 19.4 Å². The molecule has 2 aromatic rings. The molecule has 3 rings (SSSR count). The number of benzene rings is 1. The molecule has 1 N–H and O–H groups in total. The standard InChI is InChI=1S/C13H12N2O2S/c18-13-7-10(8-14-15-13)9-2-3-11-12(6-9)17-5-1-4-16-11/h2-3,6-8H,1,4-5H2,(H,15,18). The SMILES string of the molecule is S=c1cc(-c2ccc3c(c2)OCCCO3)cn[nH]1. The smallest absolute Gasteiger partial charge is 0.161 e. The first-order valence-corrected chi connectivity index (χ1v) is 6.18. The molecule has 0 fully saturated rings. The monoisotopic (exact) mass is 260 g/mol. The molecule has 4 nitrogen and oxygen atoms in total. The fourth-order valence-electron chi connectivity index (χ4n) is 1.88. The minimum absolute atomic E-state index is 0.611. The van der Waals surface area contributed by atoms with Crippen molar-refractivity contribution in [1.29, 1.82) is 0 Å². The zero-order valence-electron chi connectivity index (χ0n) is 9.68. The van der Waals surface area contributed by atoms with E-state index in [-0.39, 0.29) is 0 Å². The van der Waals surface area contributed by atoms with Crippen LogP contribution in [-0.4, -0.2) is 23.4 Å². The maximum atomic E-state index is 5.66. The summed E-state index contributed by atoms with van der Waals surface area (Å²) in [7, 11) is 0. The van der Waals surface area contributed by atoms with E-state index in [1.54, 1.807) is 6.20 Å². The first-order valence-electron chi connectivity index (χ1n) is 5.78. The van der Waals surface area contributed by atoms with Gasteiger partial charge in [0.15, 0.2) is 11.5 Å². The second kappa shape index (κ2) is 4.78. The Hall–Kier alpha value is -1.88. The number of aromatic amines is 1. The number of fused-ring (bicyclic) bond motifs is 1. The van der Waals surface area contributed by atoms with Crippen molar-refractivity contribution in [1.82, 2.24) is 10.2 Å². The minimum Gasteiger partial charge on any atom is -0.490 e. The fraction of sp³-hybridized carbons (Fsp3) is 0.231. The number of H-pyrrole nitrogens is 1. The summed E-state index contributed by atoms with van der Waals surface area (Å²) in [6, 6.07) is 7.75. The van der Waals surface area contributed by atoms with Crippen LogP contribution in [-0.2, 0) is 0 Å². The Morgan fingerprint density at radius 3 is 2.72 bits per heavy atom. The lowest BCUT2D eigenvalue weighted by atomic mass is 10.1. The van der Waals surface area contributed by atoms with Gasteiger partial charge >= 0.3 is 0 Å². The van der Waals surface area contributed by atoms with Gasteiger partial charge in [0.1, 0.15) is 4.64 Å². The van der Waals surface area contributed by atoms with Gasteiger partial charge in [-0.15, -0.1) is 0 Å². The quantitative estimate of drug-likeness (QED) is 0.801. The summed E-state index contributed by atoms with van der Waals surface area (Å²) < 4.78 is 11.9. The van der Waals surface area contributed by atoms with Crippen LogP contribution < -0.4 is 9.47 Å². The number of ether oxygens (including phenoxy) is 2. The molecule has 0 radical (unpaired) electrons. The van der Waals surface area contributed by atoms with E-state index in [1.807, 2.05) is 24.3 Å². The van der Waals surface area contributed by atoms with E-state index >= 15 is 0 Å². The van der Waals surface area contributed by atoms with Gasteiger partial charge in [-0.1, -0.05) is 18.3 Å². The van der Waals surface area contributed by atoms with Gasteiger partial charge in [-0.2, -0.15) is 5.10 Å². The maximum Gasteiger partial charge on any atom is 0.161 e. The van der Waals surface area contributed by atoms with E-state index in [9.17, 15) is 0 Å². The lowest BCUT2D eigenvalue weighted by Gasteiger charge is -2.09. The van der Waals surface area contributed by atoms with Gasteiger partial charge in [-0.25, -0.2) is 0 Å². The molecule has 0 atom stereocenters. The summed E-state index contributed by atoms with van der Waals surface area (Å²) in [5.74, 6) is 1.58. The molecule has 0 saturated carbocycles. The molecule has 0 amide bonds. The van der Waals surface area contributed by atoms with Crippen molar-refractivity contribution in [2.24, 2.45) is 0 Å². The summed E-state index contributed by atoms with van der Waals surface area (Å²) >= 11 is 5.07. The summed E-state index contributed by atoms with van der Waals surface area (Å²) in [6.45, 7) is 1.38. The molecule has 1 aromatic carbocycles. The highest BCUT2D eigenvalue weighted by atomic mass is 32.1. The van der Waals surface area contributed by atoms with E-state index in [4.69, 9.17) is 21.7 Å². The van der Waals surface area contributed by atoms with Crippen molar-refractivity contribution in [3.05, 3.63) is 35.1 Å². The van der Waals surface area contributed by atoms with Crippen LogP contribution in [0.15, 0.2) is 30.5 Å². The Morgan fingerprint density at radius 1 is 1.06 bits per heavy atom. The normalized spacial score (nSPS) is 14.0. The molecule has 18 heavy (non-hydrogen) atoms. The van der Waals surface area contributed by atoms with Crippen LogP contribution in [0.5, 0.6) is 11.5 Å². The molecule has 1 aromatic heterocycles. The van der Waals surface area contributed by atoms with Gasteiger partial charge < -0.3 is 9.47 Å². The Balaban J connectivity index is 2.04. The Kier molecular flexibility index (Phi) is 2.98. The summed E-state index contributed by atoms with van der Waals surface area (Å²) in [5, 5.41) is 6.71. The summed E-state index contributed by atoms with van der Waals surface area (Å²) in [5.41, 5.74) is 1.99. The fourth-order valence-corrected chi connectivity index (χ4v) is 2.06. The van der Waals surface area contributed by atoms with E-state index in [0.717, 1.165) is 29.0 Å². The van der Waals surface area contributed by atoms with Crippen LogP contribution in [0.3, 0.4) is 0 Å². The van der Waals surface area contributed by atoms with Crippen LogP contribution in [0.25, 0.3) is 11.1 Å². The second-order valence-electron chi connectivity index (χ2n) is 4.05. The molecule has 0 aliphatic carbocycles. The Morgan fingerprint density at radius 2 is 1.89 bits per heavy atom. The molecule has 0 saturated heterocycles. The summed E-state index contributed by atoms with van der Waals surface area (Å²) in [6.07, 6.45) is 2.65. The van der Waals surface area contributed by atoms with E-state index in [1.165, 1.54) is 0 Å². The van der Waals surface area contributed by atoms with Gasteiger partial charge in [-0.05, 0) is 23.8 Å². The van der Waals surface area contributed by atoms with E-state index in [2.05, 4.69) is 10.2 Å². The third-order valence-electron chi connectivity index (χ3n) is 2.75. The Bertz CT molecular complexity index is 624. The summed E-state index contributed by atoms with van der Waals surface area (Å²) in [4.78, 5) is 0. The third kappa shape index (κ3) is 2.22. The van der Waals surface area contributed by atoms with Gasteiger partial charge in [0.2, 0.25) is 0 Å². The largest absolute Gasteiger partial charge is 0.490 e. The minimum atomic E-state index is 0.611. The highest BCUT2D eigenvalue weighted by Gasteiger charge is 2.11. The van der Waals surface area contributed by atoms with E-state index in [0.29, 0.717) is 17.9 Å². The number of nitrogens with one attached hydrogen (secondary N) is 1. The molecule has 1 aliphatic rings. The molecular weight excluding hydrogens is 248 g/mol. The van der Waals surface area contributed by atoms with Gasteiger partial charge in [-0.3, -0.25) is 5.10 Å². The lowest BCUT2D eigenvalue weighted by Crippen LogP contribution is -1.97. The van der Waals surface area contributed by atoms with Crippen LogP contribution in [0.4, 0.5) is 0 Å². The second-order valence-corrected chi connectivity index (χ2v) is 4.49.